The normalized spacial score (nSPS) is 13.8. The van der Waals surface area contributed by atoms with E-state index >= 15 is 0 Å². The second-order valence-electron chi connectivity index (χ2n) is 4.49. The molecule has 1 aromatic rings. The van der Waals surface area contributed by atoms with Crippen molar-refractivity contribution in [3.63, 3.8) is 0 Å². The second kappa shape index (κ2) is 4.25. The molecule has 0 amide bonds. The summed E-state index contributed by atoms with van der Waals surface area (Å²) in [6, 6.07) is 0. The van der Waals surface area contributed by atoms with E-state index in [0.29, 0.717) is 12.0 Å². The lowest BCUT2D eigenvalue weighted by atomic mass is 9.82. The fourth-order valence-corrected chi connectivity index (χ4v) is 1.56. The molecule has 1 unspecified atom stereocenters. The van der Waals surface area contributed by atoms with Gasteiger partial charge in [0, 0.05) is 18.8 Å². The van der Waals surface area contributed by atoms with Crippen LogP contribution in [0.1, 0.15) is 38.1 Å². The van der Waals surface area contributed by atoms with Crippen LogP contribution in [0.5, 0.6) is 0 Å². The lowest BCUT2D eigenvalue weighted by Gasteiger charge is -2.25. The van der Waals surface area contributed by atoms with Gasteiger partial charge in [-0.1, -0.05) is 6.92 Å². The smallest absolute Gasteiger partial charge is 0.312 e. The number of carboxylic acids is 1. The Morgan fingerprint density at radius 1 is 1.62 bits per heavy atom. The van der Waals surface area contributed by atoms with Gasteiger partial charge in [-0.25, -0.2) is 0 Å². The first-order chi connectivity index (χ1) is 7.30. The summed E-state index contributed by atoms with van der Waals surface area (Å²) in [5.41, 5.74) is 0.120. The van der Waals surface area contributed by atoms with Crippen LogP contribution in [0.4, 0.5) is 0 Å². The van der Waals surface area contributed by atoms with Crippen molar-refractivity contribution in [1.29, 1.82) is 0 Å². The first kappa shape index (κ1) is 12.7. The Kier molecular flexibility index (Phi) is 3.38. The Morgan fingerprint density at radius 3 is 2.62 bits per heavy atom. The van der Waals surface area contributed by atoms with Gasteiger partial charge in [0.25, 0.3) is 0 Å². The molecular formula is C11H18N2O3. The number of carbonyl (C=O) groups is 1. The standard InChI is InChI=1S/C11H18N2O3/c1-5-8-7(6-13(4)12-8)9(14)11(2,3)10(15)16/h6,9,14H,5H2,1-4H3,(H,15,16). The Bertz CT molecular complexity index is 396. The Morgan fingerprint density at radius 2 is 2.19 bits per heavy atom. The highest BCUT2D eigenvalue weighted by Gasteiger charge is 2.38. The van der Waals surface area contributed by atoms with Gasteiger partial charge in [-0.2, -0.15) is 5.10 Å². The van der Waals surface area contributed by atoms with Gasteiger partial charge in [-0.05, 0) is 20.3 Å². The third-order valence-electron chi connectivity index (χ3n) is 2.80. The zero-order valence-corrected chi connectivity index (χ0v) is 10.1. The molecule has 0 bridgehead atoms. The second-order valence-corrected chi connectivity index (χ2v) is 4.49. The van der Waals surface area contributed by atoms with Crippen LogP contribution in [0.3, 0.4) is 0 Å². The van der Waals surface area contributed by atoms with Crippen molar-refractivity contribution in [2.45, 2.75) is 33.3 Å². The third kappa shape index (κ3) is 2.09. The summed E-state index contributed by atoms with van der Waals surface area (Å²) in [6.45, 7) is 4.94. The molecule has 0 aliphatic carbocycles. The number of hydrogen-bond donors (Lipinski definition) is 2. The van der Waals surface area contributed by atoms with Gasteiger partial charge in [0.2, 0.25) is 0 Å². The summed E-state index contributed by atoms with van der Waals surface area (Å²) in [7, 11) is 1.75. The first-order valence-electron chi connectivity index (χ1n) is 5.24. The Hall–Kier alpha value is -1.36. The van der Waals surface area contributed by atoms with E-state index in [9.17, 15) is 9.90 Å². The summed E-state index contributed by atoms with van der Waals surface area (Å²) < 4.78 is 1.59. The summed E-state index contributed by atoms with van der Waals surface area (Å²) >= 11 is 0. The summed E-state index contributed by atoms with van der Waals surface area (Å²) in [4.78, 5) is 11.1. The number of aliphatic hydroxyl groups is 1. The van der Waals surface area contributed by atoms with Gasteiger partial charge < -0.3 is 10.2 Å². The van der Waals surface area contributed by atoms with Crippen molar-refractivity contribution < 1.29 is 15.0 Å². The molecule has 1 rings (SSSR count). The molecule has 1 aromatic heterocycles. The largest absolute Gasteiger partial charge is 0.481 e. The zero-order chi connectivity index (χ0) is 12.5. The Labute approximate surface area is 94.7 Å². The molecule has 2 N–H and O–H groups in total. The molecule has 1 heterocycles. The molecule has 0 saturated carbocycles. The predicted octanol–water partition coefficient (Wildman–Crippen LogP) is 1.13. The van der Waals surface area contributed by atoms with E-state index in [1.807, 2.05) is 6.92 Å². The van der Waals surface area contributed by atoms with Crippen molar-refractivity contribution in [3.8, 4) is 0 Å². The summed E-state index contributed by atoms with van der Waals surface area (Å²) in [6.07, 6.45) is 1.30. The van der Waals surface area contributed by atoms with Crippen molar-refractivity contribution in [2.24, 2.45) is 12.5 Å². The molecule has 0 saturated heterocycles. The van der Waals surface area contributed by atoms with Crippen LogP contribution in [0.2, 0.25) is 0 Å². The van der Waals surface area contributed by atoms with Crippen molar-refractivity contribution in [2.75, 3.05) is 0 Å². The fraction of sp³-hybridized carbons (Fsp3) is 0.636. The average Bonchev–Trinajstić information content (AvgIpc) is 2.57. The molecule has 0 aliphatic heterocycles. The predicted molar refractivity (Wildman–Crippen MR) is 59.0 cm³/mol. The van der Waals surface area contributed by atoms with Gasteiger partial charge in [-0.3, -0.25) is 9.48 Å². The third-order valence-corrected chi connectivity index (χ3v) is 2.80. The molecule has 5 heteroatoms. The number of aromatic nitrogens is 2. The molecule has 16 heavy (non-hydrogen) atoms. The van der Waals surface area contributed by atoms with E-state index in [1.165, 1.54) is 13.8 Å². The van der Waals surface area contributed by atoms with Gasteiger partial charge in [-0.15, -0.1) is 0 Å². The monoisotopic (exact) mass is 226 g/mol. The number of aryl methyl sites for hydroxylation is 2. The Balaban J connectivity index is 3.13. The van der Waals surface area contributed by atoms with Gasteiger partial charge in [0.15, 0.2) is 0 Å². The van der Waals surface area contributed by atoms with Gasteiger partial charge in [0.1, 0.15) is 0 Å². The van der Waals surface area contributed by atoms with Crippen molar-refractivity contribution in [1.82, 2.24) is 9.78 Å². The van der Waals surface area contributed by atoms with E-state index in [4.69, 9.17) is 5.11 Å². The highest BCUT2D eigenvalue weighted by Crippen LogP contribution is 2.34. The van der Waals surface area contributed by atoms with Crippen LogP contribution >= 0.6 is 0 Å². The molecule has 0 spiro atoms. The van der Waals surface area contributed by atoms with Gasteiger partial charge in [0.05, 0.1) is 17.2 Å². The van der Waals surface area contributed by atoms with Crippen molar-refractivity contribution in [3.05, 3.63) is 17.5 Å². The summed E-state index contributed by atoms with van der Waals surface area (Å²) in [5.74, 6) is -1.02. The van der Waals surface area contributed by atoms with Gasteiger partial charge >= 0.3 is 5.97 Å². The van der Waals surface area contributed by atoms with E-state index in [1.54, 1.807) is 17.9 Å². The SMILES string of the molecule is CCc1nn(C)cc1C(O)C(C)(C)C(=O)O. The van der Waals surface area contributed by atoms with Crippen LogP contribution in [0.15, 0.2) is 6.20 Å². The van der Waals surface area contributed by atoms with Crippen LogP contribution in [-0.2, 0) is 18.3 Å². The lowest BCUT2D eigenvalue weighted by molar-refractivity contribution is -0.153. The highest BCUT2D eigenvalue weighted by atomic mass is 16.4. The molecule has 90 valence electrons. The molecule has 5 nitrogen and oxygen atoms in total. The van der Waals surface area contributed by atoms with E-state index < -0.39 is 17.5 Å². The van der Waals surface area contributed by atoms with Crippen molar-refractivity contribution >= 4 is 5.97 Å². The number of hydrogen-bond acceptors (Lipinski definition) is 3. The van der Waals surface area contributed by atoms with E-state index in [-0.39, 0.29) is 0 Å². The number of aliphatic hydroxyl groups excluding tert-OH is 1. The van der Waals surface area contributed by atoms with Crippen LogP contribution in [0, 0.1) is 5.41 Å². The average molecular weight is 226 g/mol. The number of nitrogens with zero attached hydrogens (tertiary/aromatic N) is 2. The van der Waals surface area contributed by atoms with E-state index in [0.717, 1.165) is 5.69 Å². The molecule has 0 fully saturated rings. The minimum Gasteiger partial charge on any atom is -0.481 e. The van der Waals surface area contributed by atoms with Crippen LogP contribution in [-0.4, -0.2) is 26.0 Å². The fourth-order valence-electron chi connectivity index (χ4n) is 1.56. The molecule has 0 aliphatic rings. The lowest BCUT2D eigenvalue weighted by Crippen LogP contribution is -2.31. The molecular weight excluding hydrogens is 208 g/mol. The molecule has 0 aromatic carbocycles. The number of carboxylic acid groups (broad SMARTS) is 1. The number of rotatable bonds is 4. The minimum atomic E-state index is -1.22. The summed E-state index contributed by atoms with van der Waals surface area (Å²) in [5, 5.41) is 23.4. The zero-order valence-electron chi connectivity index (χ0n) is 10.1. The van der Waals surface area contributed by atoms with Crippen LogP contribution in [0.25, 0.3) is 0 Å². The number of aliphatic carboxylic acids is 1. The minimum absolute atomic E-state index is 0.595. The maximum atomic E-state index is 11.1. The highest BCUT2D eigenvalue weighted by molar-refractivity contribution is 5.74. The topological polar surface area (TPSA) is 75.3 Å². The molecule has 1 atom stereocenters. The first-order valence-corrected chi connectivity index (χ1v) is 5.24. The van der Waals surface area contributed by atoms with Crippen LogP contribution < -0.4 is 0 Å². The maximum absolute atomic E-state index is 11.1. The quantitative estimate of drug-likeness (QED) is 0.807. The molecule has 0 radical (unpaired) electrons. The maximum Gasteiger partial charge on any atom is 0.312 e. The van der Waals surface area contributed by atoms with E-state index in [2.05, 4.69) is 5.10 Å².